The highest BCUT2D eigenvalue weighted by atomic mass is 16.6. The van der Waals surface area contributed by atoms with Gasteiger partial charge < -0.3 is 20.5 Å². The van der Waals surface area contributed by atoms with E-state index in [2.05, 4.69) is 22.8 Å². The summed E-state index contributed by atoms with van der Waals surface area (Å²) in [6.45, 7) is 6.35. The van der Waals surface area contributed by atoms with Crippen molar-refractivity contribution in [1.29, 1.82) is 0 Å². The summed E-state index contributed by atoms with van der Waals surface area (Å²) in [7, 11) is 0. The molecule has 4 rings (SSSR count). The van der Waals surface area contributed by atoms with Crippen LogP contribution in [0.5, 0.6) is 0 Å². The molecule has 0 unspecified atom stereocenters. The van der Waals surface area contributed by atoms with Crippen molar-refractivity contribution in [3.8, 4) is 0 Å². The molecule has 3 saturated carbocycles. The highest BCUT2D eigenvalue weighted by Crippen LogP contribution is 2.47. The second kappa shape index (κ2) is 6.61. The largest absolute Gasteiger partial charge is 0.444 e. The maximum Gasteiger partial charge on any atom is 0.408 e. The van der Waals surface area contributed by atoms with Gasteiger partial charge in [0.25, 0.3) is 0 Å². The van der Waals surface area contributed by atoms with Crippen LogP contribution in [0.3, 0.4) is 0 Å². The van der Waals surface area contributed by atoms with Crippen molar-refractivity contribution in [3.63, 3.8) is 0 Å². The minimum absolute atomic E-state index is 0.0351. The highest BCUT2D eigenvalue weighted by molar-refractivity contribution is 5.69. The molecule has 0 aliphatic heterocycles. The van der Waals surface area contributed by atoms with E-state index < -0.39 is 23.3 Å². The number of hydrogen-bond acceptors (Lipinski definition) is 4. The molecule has 5 heteroatoms. The number of amides is 1. The molecule has 2 bridgehead atoms. The molecule has 0 saturated heterocycles. The topological polar surface area (TPSA) is 70.6 Å². The van der Waals surface area contributed by atoms with Gasteiger partial charge in [0.15, 0.2) is 0 Å². The third-order valence-corrected chi connectivity index (χ3v) is 5.58. The van der Waals surface area contributed by atoms with Crippen LogP contribution < -0.4 is 10.6 Å². The van der Waals surface area contributed by atoms with E-state index in [1.54, 1.807) is 0 Å². The summed E-state index contributed by atoms with van der Waals surface area (Å²) in [5.74, 6) is 0. The number of ether oxygens (including phenoxy) is 1. The average Bonchev–Trinajstić information content (AvgIpc) is 2.54. The fourth-order valence-electron chi connectivity index (χ4n) is 4.13. The zero-order valence-electron chi connectivity index (χ0n) is 15.5. The third kappa shape index (κ3) is 4.15. The van der Waals surface area contributed by atoms with Crippen molar-refractivity contribution in [2.75, 3.05) is 0 Å². The fourth-order valence-corrected chi connectivity index (χ4v) is 4.13. The summed E-state index contributed by atoms with van der Waals surface area (Å²) in [5, 5.41) is 17.4. The number of aliphatic hydroxyl groups is 1. The molecule has 0 spiro atoms. The molecule has 1 aromatic carbocycles. The number of benzene rings is 1. The van der Waals surface area contributed by atoms with Crippen LogP contribution in [0.25, 0.3) is 0 Å². The molecular weight excluding hydrogens is 316 g/mol. The van der Waals surface area contributed by atoms with Gasteiger partial charge in [-0.05, 0) is 58.4 Å². The number of rotatable bonds is 4. The Hall–Kier alpha value is -1.59. The lowest BCUT2D eigenvalue weighted by atomic mass is 9.60. The third-order valence-electron chi connectivity index (χ3n) is 5.58. The number of aliphatic hydroxyl groups excluding tert-OH is 1. The smallest absolute Gasteiger partial charge is 0.408 e. The van der Waals surface area contributed by atoms with Crippen LogP contribution in [0, 0.1) is 0 Å². The van der Waals surface area contributed by atoms with E-state index >= 15 is 0 Å². The number of nitrogens with one attached hydrogen (secondary N) is 2. The monoisotopic (exact) mass is 346 g/mol. The summed E-state index contributed by atoms with van der Waals surface area (Å²) >= 11 is 0. The first kappa shape index (κ1) is 18.2. The Labute approximate surface area is 150 Å². The van der Waals surface area contributed by atoms with E-state index in [0.717, 1.165) is 32.2 Å². The number of hydrogen-bond donors (Lipinski definition) is 3. The number of carbonyl (C=O) groups is 1. The Kier molecular flexibility index (Phi) is 4.82. The van der Waals surface area contributed by atoms with E-state index in [1.165, 1.54) is 5.56 Å². The molecule has 138 valence electrons. The fraction of sp³-hybridized carbons (Fsp3) is 0.650. The van der Waals surface area contributed by atoms with Crippen LogP contribution in [0.2, 0.25) is 0 Å². The lowest BCUT2D eigenvalue weighted by Gasteiger charge is -2.56. The van der Waals surface area contributed by atoms with E-state index in [-0.39, 0.29) is 5.54 Å². The van der Waals surface area contributed by atoms with E-state index in [9.17, 15) is 9.90 Å². The molecule has 0 heterocycles. The van der Waals surface area contributed by atoms with Gasteiger partial charge in [-0.15, -0.1) is 0 Å². The normalized spacial score (nSPS) is 31.6. The van der Waals surface area contributed by atoms with Crippen LogP contribution in [0.1, 0.15) is 58.4 Å². The van der Waals surface area contributed by atoms with E-state index in [0.29, 0.717) is 6.42 Å². The minimum atomic E-state index is -0.550. The first-order valence-electron chi connectivity index (χ1n) is 9.20. The second-order valence-electron chi connectivity index (χ2n) is 8.62. The predicted octanol–water partition coefficient (Wildman–Crippen LogP) is 3.12. The summed E-state index contributed by atoms with van der Waals surface area (Å²) in [6, 6.07) is 10.3. The lowest BCUT2D eigenvalue weighted by molar-refractivity contribution is -0.0649. The zero-order chi connectivity index (χ0) is 18.1. The van der Waals surface area contributed by atoms with Crippen molar-refractivity contribution in [1.82, 2.24) is 10.6 Å². The SMILES string of the molecule is CC(C)(C)OC(=O)NC12CCC(NCc3ccccc3)(CC1)C[C@H]2O. The zero-order valence-corrected chi connectivity index (χ0v) is 15.5. The van der Waals surface area contributed by atoms with Crippen molar-refractivity contribution < 1.29 is 14.6 Å². The Balaban J connectivity index is 1.60. The van der Waals surface area contributed by atoms with Gasteiger partial charge >= 0.3 is 6.09 Å². The van der Waals surface area contributed by atoms with Crippen LogP contribution in [0.15, 0.2) is 30.3 Å². The van der Waals surface area contributed by atoms with Crippen molar-refractivity contribution >= 4 is 6.09 Å². The summed E-state index contributed by atoms with van der Waals surface area (Å²) in [6.07, 6.45) is 3.13. The standard InChI is InChI=1S/C20H30N2O3/c1-18(2,3)25-17(24)22-20-11-9-19(10-12-20,13-16(20)23)21-14-15-7-5-4-6-8-15/h4-8,16,21,23H,9-14H2,1-3H3,(H,22,24)/t16-,19?,20?/m1/s1. The van der Waals surface area contributed by atoms with E-state index in [1.807, 2.05) is 39.0 Å². The molecule has 0 radical (unpaired) electrons. The summed E-state index contributed by atoms with van der Waals surface area (Å²) < 4.78 is 5.39. The summed E-state index contributed by atoms with van der Waals surface area (Å²) in [5.41, 5.74) is 0.141. The van der Waals surface area contributed by atoms with Gasteiger partial charge in [0.05, 0.1) is 11.6 Å². The van der Waals surface area contributed by atoms with E-state index in [4.69, 9.17) is 4.74 Å². The molecule has 0 aromatic heterocycles. The van der Waals surface area contributed by atoms with Gasteiger partial charge in [0.1, 0.15) is 5.60 Å². The Morgan fingerprint density at radius 3 is 2.40 bits per heavy atom. The van der Waals surface area contributed by atoms with Gasteiger partial charge in [-0.3, -0.25) is 0 Å². The Bertz CT molecular complexity index is 601. The minimum Gasteiger partial charge on any atom is -0.444 e. The Morgan fingerprint density at radius 2 is 1.84 bits per heavy atom. The molecule has 1 atom stereocenters. The van der Waals surface area contributed by atoms with Crippen molar-refractivity contribution in [2.45, 2.75) is 82.2 Å². The van der Waals surface area contributed by atoms with Gasteiger partial charge in [0, 0.05) is 12.1 Å². The average molecular weight is 346 g/mol. The maximum absolute atomic E-state index is 12.2. The van der Waals surface area contributed by atoms with Crippen molar-refractivity contribution in [3.05, 3.63) is 35.9 Å². The molecule has 1 amide bonds. The molecule has 3 N–H and O–H groups in total. The quantitative estimate of drug-likeness (QED) is 0.783. The van der Waals surface area contributed by atoms with Crippen LogP contribution >= 0.6 is 0 Å². The predicted molar refractivity (Wildman–Crippen MR) is 97.2 cm³/mol. The van der Waals surface area contributed by atoms with Crippen LogP contribution in [-0.2, 0) is 11.3 Å². The molecule has 1 aromatic rings. The molecule has 3 fully saturated rings. The van der Waals surface area contributed by atoms with Crippen molar-refractivity contribution in [2.24, 2.45) is 0 Å². The first-order valence-corrected chi connectivity index (χ1v) is 9.20. The van der Waals surface area contributed by atoms with Crippen LogP contribution in [-0.4, -0.2) is 34.0 Å². The number of fused-ring (bicyclic) bond motifs is 3. The summed E-state index contributed by atoms with van der Waals surface area (Å²) in [4.78, 5) is 12.2. The Morgan fingerprint density at radius 1 is 1.20 bits per heavy atom. The number of alkyl carbamates (subject to hydrolysis) is 1. The van der Waals surface area contributed by atoms with Crippen LogP contribution in [0.4, 0.5) is 4.79 Å². The van der Waals surface area contributed by atoms with Gasteiger partial charge in [-0.1, -0.05) is 30.3 Å². The second-order valence-corrected chi connectivity index (χ2v) is 8.62. The van der Waals surface area contributed by atoms with Gasteiger partial charge in [-0.25, -0.2) is 4.79 Å². The first-order chi connectivity index (χ1) is 11.7. The number of carbonyl (C=O) groups excluding carboxylic acids is 1. The molecular formula is C20H30N2O3. The maximum atomic E-state index is 12.2. The highest BCUT2D eigenvalue weighted by Gasteiger charge is 2.54. The van der Waals surface area contributed by atoms with Gasteiger partial charge in [-0.2, -0.15) is 0 Å². The molecule has 5 nitrogen and oxygen atoms in total. The lowest BCUT2D eigenvalue weighted by Crippen LogP contribution is -2.69. The molecule has 25 heavy (non-hydrogen) atoms. The van der Waals surface area contributed by atoms with Gasteiger partial charge in [0.2, 0.25) is 0 Å². The molecule has 3 aliphatic carbocycles. The molecule has 3 aliphatic rings.